The van der Waals surface area contributed by atoms with Crippen molar-refractivity contribution in [2.45, 2.75) is 12.6 Å². The number of aromatic nitrogens is 1. The monoisotopic (exact) mass is 513 g/mol. The summed E-state index contributed by atoms with van der Waals surface area (Å²) in [7, 11) is 1.52. The van der Waals surface area contributed by atoms with Gasteiger partial charge in [-0.05, 0) is 42.8 Å². The second-order valence-corrected chi connectivity index (χ2v) is 9.15. The summed E-state index contributed by atoms with van der Waals surface area (Å²) in [6, 6.07) is 7.62. The minimum atomic E-state index is -4.47. The molecule has 0 N–H and O–H groups in total. The van der Waals surface area contributed by atoms with Crippen molar-refractivity contribution >= 4 is 44.2 Å². The summed E-state index contributed by atoms with van der Waals surface area (Å²) in [5, 5.41) is 0.892. The van der Waals surface area contributed by atoms with Gasteiger partial charge in [0.1, 0.15) is 11.3 Å². The molecule has 1 aliphatic heterocycles. The van der Waals surface area contributed by atoms with E-state index in [0.717, 1.165) is 31.8 Å². The molecular weight excluding hydrogens is 491 g/mol. The smallest absolute Gasteiger partial charge is 0.416 e. The molecule has 0 bridgehead atoms. The van der Waals surface area contributed by atoms with Crippen molar-refractivity contribution in [1.82, 2.24) is 9.88 Å². The summed E-state index contributed by atoms with van der Waals surface area (Å²) in [6.07, 6.45) is -3.81. The molecule has 182 valence electrons. The van der Waals surface area contributed by atoms with Gasteiger partial charge in [0.25, 0.3) is 5.91 Å². The summed E-state index contributed by atoms with van der Waals surface area (Å²) >= 11 is 7.60. The summed E-state index contributed by atoms with van der Waals surface area (Å²) in [5.74, 6) is 0.0991. The first-order valence-electron chi connectivity index (χ1n) is 10.7. The third kappa shape index (κ3) is 5.46. The zero-order valence-corrected chi connectivity index (χ0v) is 20.0. The quantitative estimate of drug-likeness (QED) is 0.426. The van der Waals surface area contributed by atoms with Crippen LogP contribution >= 0.6 is 22.9 Å². The van der Waals surface area contributed by atoms with Crippen molar-refractivity contribution in [3.63, 3.8) is 0 Å². The van der Waals surface area contributed by atoms with Crippen LogP contribution in [0.15, 0.2) is 36.4 Å². The summed E-state index contributed by atoms with van der Waals surface area (Å²) in [4.78, 5) is 21.8. The molecule has 34 heavy (non-hydrogen) atoms. The summed E-state index contributed by atoms with van der Waals surface area (Å²) in [5.41, 5.74) is -0.121. The Balaban J connectivity index is 1.63. The van der Waals surface area contributed by atoms with Gasteiger partial charge >= 0.3 is 6.18 Å². The molecular formula is C23H23ClF3N3O3S. The number of hydrogen-bond acceptors (Lipinski definition) is 6. The second-order valence-electron chi connectivity index (χ2n) is 7.76. The Morgan fingerprint density at radius 2 is 1.91 bits per heavy atom. The average Bonchev–Trinajstić information content (AvgIpc) is 3.28. The van der Waals surface area contributed by atoms with Crippen LogP contribution in [-0.4, -0.2) is 62.3 Å². The van der Waals surface area contributed by atoms with E-state index in [4.69, 9.17) is 21.1 Å². The van der Waals surface area contributed by atoms with E-state index in [-0.39, 0.29) is 5.56 Å². The number of fused-ring (bicyclic) bond motifs is 1. The molecule has 11 heteroatoms. The van der Waals surface area contributed by atoms with E-state index in [1.807, 2.05) is 0 Å². The minimum Gasteiger partial charge on any atom is -0.494 e. The summed E-state index contributed by atoms with van der Waals surface area (Å²) in [6.45, 7) is 4.09. The second kappa shape index (κ2) is 10.5. The number of morpholine rings is 1. The molecule has 0 atom stereocenters. The number of amides is 1. The molecule has 0 saturated carbocycles. The lowest BCUT2D eigenvalue weighted by Gasteiger charge is -2.27. The Morgan fingerprint density at radius 1 is 1.21 bits per heavy atom. The van der Waals surface area contributed by atoms with Crippen molar-refractivity contribution in [3.8, 4) is 5.75 Å². The highest BCUT2D eigenvalue weighted by Gasteiger charge is 2.31. The molecule has 2 heterocycles. The highest BCUT2D eigenvalue weighted by molar-refractivity contribution is 7.23. The van der Waals surface area contributed by atoms with Crippen molar-refractivity contribution in [1.29, 1.82) is 0 Å². The topological polar surface area (TPSA) is 54.9 Å². The fourth-order valence-electron chi connectivity index (χ4n) is 3.74. The van der Waals surface area contributed by atoms with Gasteiger partial charge in [-0.3, -0.25) is 14.6 Å². The standard InChI is InChI=1S/C23H23ClF3N3O3S/c1-32-18-8-7-17(24)20-19(18)28-22(34-20)30(10-2-9-29-11-13-33-14-12-29)21(31)15-3-5-16(6-4-15)23(25,26)27/h3-8H,2,9-14H2,1H3. The van der Waals surface area contributed by atoms with Crippen LogP contribution in [0.5, 0.6) is 5.75 Å². The van der Waals surface area contributed by atoms with Crippen molar-refractivity contribution in [3.05, 3.63) is 52.5 Å². The number of thiazole rings is 1. The molecule has 1 saturated heterocycles. The van der Waals surface area contributed by atoms with Gasteiger partial charge in [-0.15, -0.1) is 0 Å². The number of anilines is 1. The van der Waals surface area contributed by atoms with Crippen LogP contribution in [0.1, 0.15) is 22.3 Å². The molecule has 4 rings (SSSR count). The maximum Gasteiger partial charge on any atom is 0.416 e. The number of methoxy groups -OCH3 is 1. The zero-order chi connectivity index (χ0) is 24.3. The largest absolute Gasteiger partial charge is 0.494 e. The van der Waals surface area contributed by atoms with Crippen LogP contribution in [0.25, 0.3) is 10.2 Å². The van der Waals surface area contributed by atoms with E-state index in [9.17, 15) is 18.0 Å². The van der Waals surface area contributed by atoms with Gasteiger partial charge in [-0.25, -0.2) is 4.98 Å². The first-order chi connectivity index (χ1) is 16.3. The number of rotatable bonds is 7. The van der Waals surface area contributed by atoms with Crippen LogP contribution in [-0.2, 0) is 10.9 Å². The molecule has 1 aliphatic rings. The average molecular weight is 514 g/mol. The van der Waals surface area contributed by atoms with Crippen molar-refractivity contribution in [2.24, 2.45) is 0 Å². The fourth-order valence-corrected chi connectivity index (χ4v) is 5.02. The Labute approximate surface area is 203 Å². The maximum atomic E-state index is 13.4. The molecule has 0 aliphatic carbocycles. The molecule has 0 spiro atoms. The predicted octanol–water partition coefficient (Wildman–Crippen LogP) is 5.35. The molecule has 1 aromatic heterocycles. The highest BCUT2D eigenvalue weighted by atomic mass is 35.5. The number of hydrogen-bond donors (Lipinski definition) is 0. The van der Waals surface area contributed by atoms with Gasteiger partial charge in [0, 0.05) is 31.7 Å². The molecule has 1 amide bonds. The third-order valence-corrected chi connectivity index (χ3v) is 7.10. The number of nitrogens with zero attached hydrogens (tertiary/aromatic N) is 3. The van der Waals surface area contributed by atoms with Gasteiger partial charge in [0.2, 0.25) is 0 Å². The first-order valence-corrected chi connectivity index (χ1v) is 11.9. The van der Waals surface area contributed by atoms with Crippen molar-refractivity contribution < 1.29 is 27.4 Å². The molecule has 3 aromatic rings. The molecule has 1 fully saturated rings. The Hall–Kier alpha value is -2.40. The van der Waals surface area contributed by atoms with Crippen LogP contribution in [0.3, 0.4) is 0 Å². The van der Waals surface area contributed by atoms with Gasteiger partial charge in [0.15, 0.2) is 5.13 Å². The van der Waals surface area contributed by atoms with E-state index in [1.54, 1.807) is 12.1 Å². The normalized spacial score (nSPS) is 15.0. The molecule has 0 unspecified atom stereocenters. The summed E-state index contributed by atoms with van der Waals surface area (Å²) < 4.78 is 50.4. The Kier molecular flexibility index (Phi) is 7.61. The number of halogens is 4. The maximum absolute atomic E-state index is 13.4. The molecule has 2 aromatic carbocycles. The van der Waals surface area contributed by atoms with E-state index < -0.39 is 17.6 Å². The third-order valence-electron chi connectivity index (χ3n) is 5.56. The number of carbonyl (C=O) groups excluding carboxylic acids is 1. The number of benzene rings is 2. The van der Waals surface area contributed by atoms with E-state index in [0.29, 0.717) is 52.3 Å². The highest BCUT2D eigenvalue weighted by Crippen LogP contribution is 2.39. The minimum absolute atomic E-state index is 0.150. The van der Waals surface area contributed by atoms with Gasteiger partial charge in [0.05, 0.1) is 35.6 Å². The lowest BCUT2D eigenvalue weighted by Crippen LogP contribution is -2.39. The SMILES string of the molecule is COc1ccc(Cl)c2sc(N(CCCN3CCOCC3)C(=O)c3ccc(C(F)(F)F)cc3)nc12. The first kappa shape index (κ1) is 24.7. The van der Waals surface area contributed by atoms with E-state index in [2.05, 4.69) is 9.88 Å². The van der Waals surface area contributed by atoms with Crippen LogP contribution in [0, 0.1) is 0 Å². The molecule has 6 nitrogen and oxygen atoms in total. The molecule has 0 radical (unpaired) electrons. The number of ether oxygens (including phenoxy) is 2. The number of alkyl halides is 3. The van der Waals surface area contributed by atoms with Gasteiger partial charge in [-0.1, -0.05) is 22.9 Å². The van der Waals surface area contributed by atoms with Gasteiger partial charge < -0.3 is 9.47 Å². The fraction of sp³-hybridized carbons (Fsp3) is 0.391. The van der Waals surface area contributed by atoms with Crippen molar-refractivity contribution in [2.75, 3.05) is 51.4 Å². The van der Waals surface area contributed by atoms with Crippen LogP contribution in [0.2, 0.25) is 5.02 Å². The lowest BCUT2D eigenvalue weighted by molar-refractivity contribution is -0.137. The van der Waals surface area contributed by atoms with Crippen LogP contribution in [0.4, 0.5) is 18.3 Å². The Bertz CT molecular complexity index is 1150. The lowest BCUT2D eigenvalue weighted by atomic mass is 10.1. The number of carbonyl (C=O) groups is 1. The van der Waals surface area contributed by atoms with E-state index in [1.165, 1.54) is 35.5 Å². The van der Waals surface area contributed by atoms with Crippen LogP contribution < -0.4 is 9.64 Å². The predicted molar refractivity (Wildman–Crippen MR) is 126 cm³/mol. The zero-order valence-electron chi connectivity index (χ0n) is 18.4. The van der Waals surface area contributed by atoms with Gasteiger partial charge in [-0.2, -0.15) is 13.2 Å². The Morgan fingerprint density at radius 3 is 2.56 bits per heavy atom. The van der Waals surface area contributed by atoms with E-state index >= 15 is 0 Å².